The Balaban J connectivity index is 1.41. The molecule has 3 nitrogen and oxygen atoms in total. The maximum atomic E-state index is 12.4. The summed E-state index contributed by atoms with van der Waals surface area (Å²) in [5, 5.41) is 3.33. The van der Waals surface area contributed by atoms with Crippen molar-refractivity contribution in [1.82, 2.24) is 10.2 Å². The Morgan fingerprint density at radius 3 is 2.42 bits per heavy atom. The van der Waals surface area contributed by atoms with E-state index in [1.165, 1.54) is 24.8 Å². The minimum Gasteiger partial charge on any atom is -0.353 e. The van der Waals surface area contributed by atoms with Crippen molar-refractivity contribution in [2.45, 2.75) is 70.4 Å². The van der Waals surface area contributed by atoms with E-state index in [2.05, 4.69) is 47.5 Å². The van der Waals surface area contributed by atoms with Crippen LogP contribution >= 0.6 is 0 Å². The van der Waals surface area contributed by atoms with E-state index < -0.39 is 0 Å². The summed E-state index contributed by atoms with van der Waals surface area (Å²) in [6.07, 6.45) is 9.26. The Morgan fingerprint density at radius 1 is 1.08 bits per heavy atom. The molecule has 0 bridgehead atoms. The van der Waals surface area contributed by atoms with Crippen LogP contribution < -0.4 is 5.32 Å². The number of nitrogens with one attached hydrogen (secondary N) is 1. The molecule has 0 unspecified atom stereocenters. The van der Waals surface area contributed by atoms with Crippen molar-refractivity contribution in [3.63, 3.8) is 0 Å². The Kier molecular flexibility index (Phi) is 6.30. The highest BCUT2D eigenvalue weighted by molar-refractivity contribution is 5.79. The Labute approximate surface area is 146 Å². The van der Waals surface area contributed by atoms with Gasteiger partial charge in [0.2, 0.25) is 5.91 Å². The average Bonchev–Trinajstić information content (AvgIpc) is 2.64. The second-order valence-corrected chi connectivity index (χ2v) is 7.69. The standard InChI is InChI=1S/C21H32N2O/c1-17(16-18-8-4-2-5-9-18)23-14-12-20(13-15-23)22-21(24)19-10-6-3-7-11-19/h2,4-5,8-9,17,19-20H,3,6-7,10-16H2,1H3,(H,22,24)/t17-/m1/s1. The number of rotatable bonds is 5. The SMILES string of the molecule is C[C@H](Cc1ccccc1)N1CCC(NC(=O)C2CCCCC2)CC1. The molecule has 1 N–H and O–H groups in total. The molecule has 0 aromatic heterocycles. The number of carbonyl (C=O) groups excluding carboxylic acids is 1. The predicted octanol–water partition coefficient (Wildman–Crippen LogP) is 3.78. The lowest BCUT2D eigenvalue weighted by atomic mass is 9.88. The van der Waals surface area contributed by atoms with Crippen molar-refractivity contribution in [3.8, 4) is 0 Å². The normalized spacial score (nSPS) is 22.2. The number of nitrogens with zero attached hydrogens (tertiary/aromatic N) is 1. The highest BCUT2D eigenvalue weighted by atomic mass is 16.1. The van der Waals surface area contributed by atoms with Crippen LogP contribution in [0.3, 0.4) is 0 Å². The van der Waals surface area contributed by atoms with Crippen molar-refractivity contribution in [1.29, 1.82) is 0 Å². The molecule has 0 radical (unpaired) electrons. The monoisotopic (exact) mass is 328 g/mol. The number of hydrogen-bond donors (Lipinski definition) is 1. The smallest absolute Gasteiger partial charge is 0.223 e. The van der Waals surface area contributed by atoms with Gasteiger partial charge in [-0.3, -0.25) is 4.79 Å². The van der Waals surface area contributed by atoms with Crippen LogP contribution in [0.5, 0.6) is 0 Å². The van der Waals surface area contributed by atoms with Crippen molar-refractivity contribution in [2.24, 2.45) is 5.92 Å². The van der Waals surface area contributed by atoms with Crippen LogP contribution in [0.1, 0.15) is 57.4 Å². The molecule has 1 saturated carbocycles. The van der Waals surface area contributed by atoms with Gasteiger partial charge in [0.25, 0.3) is 0 Å². The van der Waals surface area contributed by atoms with Gasteiger partial charge in [-0.15, -0.1) is 0 Å². The van der Waals surface area contributed by atoms with Gasteiger partial charge < -0.3 is 10.2 Å². The summed E-state index contributed by atoms with van der Waals surface area (Å²) in [7, 11) is 0. The maximum absolute atomic E-state index is 12.4. The molecule has 132 valence electrons. The van der Waals surface area contributed by atoms with E-state index in [1.807, 2.05) is 0 Å². The lowest BCUT2D eigenvalue weighted by Gasteiger charge is -2.37. The number of benzene rings is 1. The third-order valence-corrected chi connectivity index (χ3v) is 5.85. The van der Waals surface area contributed by atoms with Crippen molar-refractivity contribution >= 4 is 5.91 Å². The second-order valence-electron chi connectivity index (χ2n) is 7.69. The first kappa shape index (κ1) is 17.5. The molecule has 0 spiro atoms. The molecule has 1 amide bonds. The zero-order valence-electron chi connectivity index (χ0n) is 15.0. The zero-order valence-corrected chi connectivity index (χ0v) is 15.0. The molecule has 24 heavy (non-hydrogen) atoms. The number of hydrogen-bond acceptors (Lipinski definition) is 2. The first-order valence-corrected chi connectivity index (χ1v) is 9.80. The number of likely N-dealkylation sites (tertiary alicyclic amines) is 1. The Morgan fingerprint density at radius 2 is 1.75 bits per heavy atom. The number of amides is 1. The molecule has 2 fully saturated rings. The van der Waals surface area contributed by atoms with Crippen molar-refractivity contribution < 1.29 is 4.79 Å². The molecule has 3 heteroatoms. The summed E-state index contributed by atoms with van der Waals surface area (Å²) >= 11 is 0. The van der Waals surface area contributed by atoms with Gasteiger partial charge in [-0.25, -0.2) is 0 Å². The zero-order chi connectivity index (χ0) is 16.8. The van der Waals surface area contributed by atoms with Gasteiger partial charge in [0.05, 0.1) is 0 Å². The molecule has 1 aromatic rings. The third kappa shape index (κ3) is 4.83. The van der Waals surface area contributed by atoms with Gasteiger partial charge in [-0.05, 0) is 44.6 Å². The molecule has 1 saturated heterocycles. The van der Waals surface area contributed by atoms with E-state index in [1.54, 1.807) is 0 Å². The van der Waals surface area contributed by atoms with Crippen LogP contribution in [0, 0.1) is 5.92 Å². The van der Waals surface area contributed by atoms with Crippen LogP contribution in [0.25, 0.3) is 0 Å². The highest BCUT2D eigenvalue weighted by Crippen LogP contribution is 2.24. The molecule has 1 aliphatic heterocycles. The van der Waals surface area contributed by atoms with E-state index >= 15 is 0 Å². The quantitative estimate of drug-likeness (QED) is 0.892. The lowest BCUT2D eigenvalue weighted by Crippen LogP contribution is -2.49. The number of carbonyl (C=O) groups is 1. The minimum atomic E-state index is 0.286. The minimum absolute atomic E-state index is 0.286. The van der Waals surface area contributed by atoms with Crippen LogP contribution in [-0.2, 0) is 11.2 Å². The third-order valence-electron chi connectivity index (χ3n) is 5.85. The summed E-state index contributed by atoms with van der Waals surface area (Å²) < 4.78 is 0. The van der Waals surface area contributed by atoms with Gasteiger partial charge in [-0.1, -0.05) is 49.6 Å². The maximum Gasteiger partial charge on any atom is 0.223 e. The second kappa shape index (κ2) is 8.66. The first-order valence-electron chi connectivity index (χ1n) is 9.80. The summed E-state index contributed by atoms with van der Waals surface area (Å²) in [4.78, 5) is 15.0. The summed E-state index contributed by atoms with van der Waals surface area (Å²) in [5.41, 5.74) is 1.41. The van der Waals surface area contributed by atoms with E-state index in [4.69, 9.17) is 0 Å². The van der Waals surface area contributed by atoms with E-state index in [0.717, 1.165) is 45.2 Å². The Bertz CT molecular complexity index is 502. The predicted molar refractivity (Wildman–Crippen MR) is 98.9 cm³/mol. The van der Waals surface area contributed by atoms with Crippen LogP contribution in [0.4, 0.5) is 0 Å². The van der Waals surface area contributed by atoms with Crippen LogP contribution in [0.2, 0.25) is 0 Å². The molecular weight excluding hydrogens is 296 g/mol. The van der Waals surface area contributed by atoms with Crippen molar-refractivity contribution in [2.75, 3.05) is 13.1 Å². The van der Waals surface area contributed by atoms with E-state index in [9.17, 15) is 4.79 Å². The van der Waals surface area contributed by atoms with Gasteiger partial charge in [0, 0.05) is 31.1 Å². The fourth-order valence-electron chi connectivity index (χ4n) is 4.25. The molecule has 1 aromatic carbocycles. The Hall–Kier alpha value is -1.35. The largest absolute Gasteiger partial charge is 0.353 e. The number of piperidine rings is 1. The molecule has 3 rings (SSSR count). The van der Waals surface area contributed by atoms with Crippen LogP contribution in [-0.4, -0.2) is 36.0 Å². The molecule has 1 atom stereocenters. The fraction of sp³-hybridized carbons (Fsp3) is 0.667. The van der Waals surface area contributed by atoms with E-state index in [0.29, 0.717) is 18.0 Å². The highest BCUT2D eigenvalue weighted by Gasteiger charge is 2.27. The van der Waals surface area contributed by atoms with Crippen molar-refractivity contribution in [3.05, 3.63) is 35.9 Å². The van der Waals surface area contributed by atoms with Gasteiger partial charge in [0.15, 0.2) is 0 Å². The van der Waals surface area contributed by atoms with Crippen LogP contribution in [0.15, 0.2) is 30.3 Å². The molecule has 2 aliphatic rings. The van der Waals surface area contributed by atoms with Gasteiger partial charge >= 0.3 is 0 Å². The van der Waals surface area contributed by atoms with E-state index in [-0.39, 0.29) is 5.92 Å². The molecular formula is C21H32N2O. The summed E-state index contributed by atoms with van der Waals surface area (Å²) in [6.45, 7) is 4.53. The van der Waals surface area contributed by atoms with Gasteiger partial charge in [0.1, 0.15) is 0 Å². The lowest BCUT2D eigenvalue weighted by molar-refractivity contribution is -0.127. The first-order chi connectivity index (χ1) is 11.7. The fourth-order valence-corrected chi connectivity index (χ4v) is 4.25. The molecule has 1 aliphatic carbocycles. The summed E-state index contributed by atoms with van der Waals surface area (Å²) in [5.74, 6) is 0.610. The topological polar surface area (TPSA) is 32.3 Å². The average molecular weight is 329 g/mol. The summed E-state index contributed by atoms with van der Waals surface area (Å²) in [6, 6.07) is 11.7. The molecule has 1 heterocycles. The van der Waals surface area contributed by atoms with Gasteiger partial charge in [-0.2, -0.15) is 0 Å².